The number of aryl methyl sites for hydroxylation is 1. The minimum absolute atomic E-state index is 0.0459. The van der Waals surface area contributed by atoms with Gasteiger partial charge in [-0.25, -0.2) is 0 Å². The lowest BCUT2D eigenvalue weighted by atomic mass is 9.90. The average molecular weight is 357 g/mol. The quantitative estimate of drug-likeness (QED) is 0.909. The highest BCUT2D eigenvalue weighted by Crippen LogP contribution is 2.32. The fourth-order valence-corrected chi connectivity index (χ4v) is 4.59. The lowest BCUT2D eigenvalue weighted by molar-refractivity contribution is 0.0958. The van der Waals surface area contributed by atoms with Crippen LogP contribution in [0.3, 0.4) is 0 Å². The molecule has 0 saturated carbocycles. The number of ether oxygens (including phenoxy) is 2. The Hall–Kier alpha value is -2.01. The lowest BCUT2D eigenvalue weighted by Gasteiger charge is -2.18. The second kappa shape index (κ2) is 7.08. The van der Waals surface area contributed by atoms with Gasteiger partial charge in [0, 0.05) is 11.4 Å². The summed E-state index contributed by atoms with van der Waals surface area (Å²) < 4.78 is 11.1. The molecule has 1 aliphatic heterocycles. The fourth-order valence-electron chi connectivity index (χ4n) is 3.47. The van der Waals surface area contributed by atoms with Crippen molar-refractivity contribution in [2.45, 2.75) is 32.6 Å². The van der Waals surface area contributed by atoms with E-state index in [2.05, 4.69) is 18.3 Å². The third-order valence-corrected chi connectivity index (χ3v) is 6.09. The monoisotopic (exact) mass is 357 g/mol. The molecule has 132 valence electrons. The van der Waals surface area contributed by atoms with Crippen LogP contribution in [-0.4, -0.2) is 25.7 Å². The van der Waals surface area contributed by atoms with Crippen molar-refractivity contribution in [2.75, 3.05) is 19.8 Å². The van der Waals surface area contributed by atoms with E-state index in [0.717, 1.165) is 47.1 Å². The average Bonchev–Trinajstić information content (AvgIpc) is 3.05. The van der Waals surface area contributed by atoms with Crippen molar-refractivity contribution in [2.24, 2.45) is 5.92 Å². The molecular formula is C20H23NO3S. The highest BCUT2D eigenvalue weighted by molar-refractivity contribution is 7.14. The molecule has 2 aromatic rings. The molecule has 0 bridgehead atoms. The van der Waals surface area contributed by atoms with Gasteiger partial charge in [-0.3, -0.25) is 4.79 Å². The Morgan fingerprint density at radius 1 is 1.24 bits per heavy atom. The van der Waals surface area contributed by atoms with Crippen molar-refractivity contribution in [1.29, 1.82) is 0 Å². The molecule has 0 fully saturated rings. The van der Waals surface area contributed by atoms with E-state index in [-0.39, 0.29) is 5.91 Å². The largest absolute Gasteiger partial charge is 0.486 e. The Kier molecular flexibility index (Phi) is 4.66. The van der Waals surface area contributed by atoms with Crippen LogP contribution in [0.2, 0.25) is 0 Å². The van der Waals surface area contributed by atoms with Gasteiger partial charge < -0.3 is 14.8 Å². The first kappa shape index (κ1) is 16.5. The number of carbonyl (C=O) groups is 1. The first-order chi connectivity index (χ1) is 12.2. The number of hydrogen-bond donors (Lipinski definition) is 1. The predicted molar refractivity (Wildman–Crippen MR) is 99.0 cm³/mol. The fraction of sp³-hybridized carbons (Fsp3) is 0.450. The molecule has 25 heavy (non-hydrogen) atoms. The second-order valence-electron chi connectivity index (χ2n) is 6.89. The highest BCUT2D eigenvalue weighted by atomic mass is 32.1. The van der Waals surface area contributed by atoms with Crippen molar-refractivity contribution < 1.29 is 14.3 Å². The van der Waals surface area contributed by atoms with Crippen LogP contribution >= 0.6 is 11.3 Å². The van der Waals surface area contributed by atoms with Crippen LogP contribution in [0.1, 0.15) is 39.0 Å². The SMILES string of the molecule is CC1CCc2sc(C(=O)NCCc3ccc4c(c3)OCCO4)cc2C1. The molecule has 2 heterocycles. The number of rotatable bonds is 4. The van der Waals surface area contributed by atoms with Crippen molar-refractivity contribution in [3.05, 3.63) is 45.1 Å². The number of benzene rings is 1. The summed E-state index contributed by atoms with van der Waals surface area (Å²) in [4.78, 5) is 14.7. The van der Waals surface area contributed by atoms with Gasteiger partial charge in [-0.2, -0.15) is 0 Å². The number of carbonyl (C=O) groups excluding carboxylic acids is 1. The number of hydrogen-bond acceptors (Lipinski definition) is 4. The zero-order valence-electron chi connectivity index (χ0n) is 14.5. The standard InChI is InChI=1S/C20H23NO3S/c1-13-2-5-18-15(10-13)12-19(25-18)20(22)21-7-6-14-3-4-16-17(11-14)24-9-8-23-16/h3-4,11-13H,2,5-10H2,1H3,(H,21,22). The Bertz CT molecular complexity index is 783. The molecule has 1 aromatic heterocycles. The maximum Gasteiger partial charge on any atom is 0.261 e. The van der Waals surface area contributed by atoms with Gasteiger partial charge in [0.05, 0.1) is 4.88 Å². The summed E-state index contributed by atoms with van der Waals surface area (Å²) in [5, 5.41) is 3.05. The third-order valence-electron chi connectivity index (χ3n) is 4.86. The van der Waals surface area contributed by atoms with E-state index in [9.17, 15) is 4.79 Å². The van der Waals surface area contributed by atoms with Crippen LogP contribution in [0.5, 0.6) is 11.5 Å². The van der Waals surface area contributed by atoms with Crippen LogP contribution in [0, 0.1) is 5.92 Å². The Morgan fingerprint density at radius 3 is 2.96 bits per heavy atom. The maximum absolute atomic E-state index is 12.4. The van der Waals surface area contributed by atoms with E-state index >= 15 is 0 Å². The van der Waals surface area contributed by atoms with Crippen LogP contribution in [0.15, 0.2) is 24.3 Å². The molecule has 1 aromatic carbocycles. The van der Waals surface area contributed by atoms with Gasteiger partial charge >= 0.3 is 0 Å². The van der Waals surface area contributed by atoms with Gasteiger partial charge in [-0.05, 0) is 60.9 Å². The number of amides is 1. The second-order valence-corrected chi connectivity index (χ2v) is 8.03. The topological polar surface area (TPSA) is 47.6 Å². The summed E-state index contributed by atoms with van der Waals surface area (Å²) in [6.07, 6.45) is 4.24. The lowest BCUT2D eigenvalue weighted by Crippen LogP contribution is -2.25. The Labute approximate surface area is 152 Å². The molecule has 1 aliphatic carbocycles. The molecular weight excluding hydrogens is 334 g/mol. The van der Waals surface area contributed by atoms with Gasteiger partial charge in [-0.1, -0.05) is 13.0 Å². The summed E-state index contributed by atoms with van der Waals surface area (Å²) in [7, 11) is 0. The molecule has 1 amide bonds. The molecule has 0 saturated heterocycles. The van der Waals surface area contributed by atoms with Crippen molar-refractivity contribution in [3.63, 3.8) is 0 Å². The molecule has 4 nitrogen and oxygen atoms in total. The van der Waals surface area contributed by atoms with E-state index in [0.29, 0.717) is 19.8 Å². The Morgan fingerprint density at radius 2 is 2.08 bits per heavy atom. The van der Waals surface area contributed by atoms with Crippen LogP contribution in [-0.2, 0) is 19.3 Å². The van der Waals surface area contributed by atoms with E-state index in [1.807, 2.05) is 18.2 Å². The number of fused-ring (bicyclic) bond motifs is 2. The summed E-state index contributed by atoms with van der Waals surface area (Å²) >= 11 is 1.66. The molecule has 1 unspecified atom stereocenters. The third kappa shape index (κ3) is 3.66. The van der Waals surface area contributed by atoms with Crippen LogP contribution < -0.4 is 14.8 Å². The zero-order valence-corrected chi connectivity index (χ0v) is 15.3. The molecule has 2 aliphatic rings. The molecule has 1 N–H and O–H groups in total. The summed E-state index contributed by atoms with van der Waals surface area (Å²) in [5.74, 6) is 2.38. The van der Waals surface area contributed by atoms with Crippen LogP contribution in [0.4, 0.5) is 0 Å². The van der Waals surface area contributed by atoms with Gasteiger partial charge in [-0.15, -0.1) is 11.3 Å². The summed E-state index contributed by atoms with van der Waals surface area (Å²) in [6.45, 7) is 4.10. The number of nitrogens with one attached hydrogen (secondary N) is 1. The molecule has 0 spiro atoms. The highest BCUT2D eigenvalue weighted by Gasteiger charge is 2.20. The van der Waals surface area contributed by atoms with E-state index < -0.39 is 0 Å². The van der Waals surface area contributed by atoms with Crippen molar-refractivity contribution in [3.8, 4) is 11.5 Å². The van der Waals surface area contributed by atoms with E-state index in [1.165, 1.54) is 16.9 Å². The number of thiophene rings is 1. The maximum atomic E-state index is 12.4. The molecule has 4 rings (SSSR count). The Balaban J connectivity index is 1.33. The predicted octanol–water partition coefficient (Wildman–Crippen LogP) is 3.62. The molecule has 1 atom stereocenters. The van der Waals surface area contributed by atoms with Gasteiger partial charge in [0.2, 0.25) is 0 Å². The first-order valence-electron chi connectivity index (χ1n) is 8.97. The van der Waals surface area contributed by atoms with Crippen molar-refractivity contribution in [1.82, 2.24) is 5.32 Å². The minimum Gasteiger partial charge on any atom is -0.486 e. The van der Waals surface area contributed by atoms with Gasteiger partial charge in [0.15, 0.2) is 11.5 Å². The summed E-state index contributed by atoms with van der Waals surface area (Å²) in [6, 6.07) is 8.08. The van der Waals surface area contributed by atoms with Gasteiger partial charge in [0.1, 0.15) is 13.2 Å². The molecule has 0 radical (unpaired) electrons. The zero-order chi connectivity index (χ0) is 17.2. The molecule has 5 heteroatoms. The van der Waals surface area contributed by atoms with E-state index in [1.54, 1.807) is 11.3 Å². The first-order valence-corrected chi connectivity index (χ1v) is 9.79. The van der Waals surface area contributed by atoms with E-state index in [4.69, 9.17) is 9.47 Å². The minimum atomic E-state index is 0.0459. The van der Waals surface area contributed by atoms with Crippen molar-refractivity contribution >= 4 is 17.2 Å². The van der Waals surface area contributed by atoms with Crippen LogP contribution in [0.25, 0.3) is 0 Å². The normalized spacial score (nSPS) is 18.5. The smallest absolute Gasteiger partial charge is 0.261 e. The van der Waals surface area contributed by atoms with Gasteiger partial charge in [0.25, 0.3) is 5.91 Å². The summed E-state index contributed by atoms with van der Waals surface area (Å²) in [5.41, 5.74) is 2.52.